The maximum absolute atomic E-state index is 12.4. The molecule has 4 nitrogen and oxygen atoms in total. The van der Waals surface area contributed by atoms with Gasteiger partial charge in [-0.3, -0.25) is 4.79 Å². The average Bonchev–Trinajstić information content (AvgIpc) is 3.25. The molecule has 0 bridgehead atoms. The molecule has 1 aromatic carbocycles. The van der Waals surface area contributed by atoms with Gasteiger partial charge in [-0.15, -0.1) is 10.2 Å². The number of aromatic nitrogens is 3. The van der Waals surface area contributed by atoms with E-state index in [-0.39, 0.29) is 11.0 Å². The Morgan fingerprint density at radius 3 is 2.57 bits per heavy atom. The van der Waals surface area contributed by atoms with Gasteiger partial charge in [-0.1, -0.05) is 41.6 Å². The minimum absolute atomic E-state index is 0.135. The third-order valence-electron chi connectivity index (χ3n) is 3.80. The number of hydrogen-bond acceptors (Lipinski definition) is 4. The number of nitrogens with zero attached hydrogens (tertiary/aromatic N) is 3. The van der Waals surface area contributed by atoms with Crippen molar-refractivity contribution in [2.24, 2.45) is 7.05 Å². The summed E-state index contributed by atoms with van der Waals surface area (Å²) in [6.45, 7) is 3.95. The third kappa shape index (κ3) is 3.02. The second kappa shape index (κ2) is 5.64. The van der Waals surface area contributed by atoms with Gasteiger partial charge >= 0.3 is 0 Å². The summed E-state index contributed by atoms with van der Waals surface area (Å²) < 4.78 is 2.03. The maximum Gasteiger partial charge on any atom is 0.191 e. The zero-order valence-electron chi connectivity index (χ0n) is 12.5. The lowest BCUT2D eigenvalue weighted by atomic mass is 10.1. The van der Waals surface area contributed by atoms with Crippen LogP contribution in [0, 0.1) is 6.92 Å². The second-order valence-electron chi connectivity index (χ2n) is 5.66. The molecular weight excluding hydrogens is 282 g/mol. The molecule has 2 aromatic rings. The molecule has 0 aliphatic heterocycles. The molecule has 0 amide bonds. The molecule has 1 fully saturated rings. The highest BCUT2D eigenvalue weighted by Gasteiger charge is 2.30. The van der Waals surface area contributed by atoms with Crippen LogP contribution < -0.4 is 0 Å². The van der Waals surface area contributed by atoms with E-state index in [9.17, 15) is 4.79 Å². The fraction of sp³-hybridized carbons (Fsp3) is 0.438. The van der Waals surface area contributed by atoms with Gasteiger partial charge in [0.25, 0.3) is 0 Å². The number of hydrogen-bond donors (Lipinski definition) is 0. The van der Waals surface area contributed by atoms with Crippen LogP contribution in [-0.2, 0) is 7.05 Å². The Morgan fingerprint density at radius 2 is 1.95 bits per heavy atom. The Labute approximate surface area is 129 Å². The van der Waals surface area contributed by atoms with E-state index >= 15 is 0 Å². The molecule has 1 aliphatic rings. The molecular formula is C16H19N3OS. The Balaban J connectivity index is 1.72. The summed E-state index contributed by atoms with van der Waals surface area (Å²) in [5.74, 6) is 1.75. The molecule has 0 saturated heterocycles. The molecule has 0 spiro atoms. The molecule has 1 atom stereocenters. The standard InChI is InChI=1S/C16H19N3OS/c1-10-4-6-12(7-5-10)14(20)11(2)21-16-18-17-15(19(16)3)13-8-9-13/h4-7,11,13H,8-9H2,1-3H3. The van der Waals surface area contributed by atoms with Gasteiger partial charge in [-0.2, -0.15) is 0 Å². The summed E-state index contributed by atoms with van der Waals surface area (Å²) >= 11 is 1.48. The zero-order valence-corrected chi connectivity index (χ0v) is 13.4. The zero-order chi connectivity index (χ0) is 15.0. The van der Waals surface area contributed by atoms with E-state index in [4.69, 9.17) is 0 Å². The smallest absolute Gasteiger partial charge is 0.191 e. The van der Waals surface area contributed by atoms with Crippen molar-refractivity contribution >= 4 is 17.5 Å². The second-order valence-corrected chi connectivity index (χ2v) is 6.97. The lowest BCUT2D eigenvalue weighted by Gasteiger charge is -2.10. The van der Waals surface area contributed by atoms with E-state index in [0.29, 0.717) is 5.92 Å². The van der Waals surface area contributed by atoms with Gasteiger partial charge in [-0.05, 0) is 26.7 Å². The Kier molecular flexibility index (Phi) is 3.85. The first-order chi connectivity index (χ1) is 10.1. The molecule has 0 radical (unpaired) electrons. The Hall–Kier alpha value is -1.62. The van der Waals surface area contributed by atoms with Crippen molar-refractivity contribution < 1.29 is 4.79 Å². The van der Waals surface area contributed by atoms with Gasteiger partial charge in [0.1, 0.15) is 5.82 Å². The van der Waals surface area contributed by atoms with Crippen LogP contribution in [0.5, 0.6) is 0 Å². The van der Waals surface area contributed by atoms with Crippen molar-refractivity contribution in [1.29, 1.82) is 0 Å². The van der Waals surface area contributed by atoms with E-state index in [1.165, 1.54) is 24.6 Å². The minimum atomic E-state index is -0.164. The summed E-state index contributed by atoms with van der Waals surface area (Å²) in [5, 5.41) is 9.15. The summed E-state index contributed by atoms with van der Waals surface area (Å²) in [5.41, 5.74) is 1.92. The molecule has 1 unspecified atom stereocenters. The highest BCUT2D eigenvalue weighted by Crippen LogP contribution is 2.39. The number of thioether (sulfide) groups is 1. The fourth-order valence-electron chi connectivity index (χ4n) is 2.29. The number of Topliss-reactive ketones (excluding diaryl/α,β-unsaturated/α-hetero) is 1. The SMILES string of the molecule is Cc1ccc(C(=O)C(C)Sc2nnc(C3CC3)n2C)cc1. The van der Waals surface area contributed by atoms with E-state index in [0.717, 1.165) is 22.1 Å². The number of rotatable bonds is 5. The van der Waals surface area contributed by atoms with Crippen molar-refractivity contribution in [3.8, 4) is 0 Å². The largest absolute Gasteiger partial charge is 0.309 e. The molecule has 5 heteroatoms. The first-order valence-electron chi connectivity index (χ1n) is 7.23. The predicted octanol–water partition coefficient (Wildman–Crippen LogP) is 3.36. The monoisotopic (exact) mass is 301 g/mol. The van der Waals surface area contributed by atoms with Gasteiger partial charge in [0.05, 0.1) is 5.25 Å². The van der Waals surface area contributed by atoms with Crippen LogP contribution in [0.15, 0.2) is 29.4 Å². The van der Waals surface area contributed by atoms with Crippen LogP contribution in [0.1, 0.15) is 47.4 Å². The first-order valence-corrected chi connectivity index (χ1v) is 8.11. The topological polar surface area (TPSA) is 47.8 Å². The number of carbonyl (C=O) groups is 1. The molecule has 0 N–H and O–H groups in total. The molecule has 1 saturated carbocycles. The number of benzene rings is 1. The summed E-state index contributed by atoms with van der Waals surface area (Å²) in [4.78, 5) is 12.4. The van der Waals surface area contributed by atoms with Crippen molar-refractivity contribution in [2.45, 2.75) is 43.0 Å². The van der Waals surface area contributed by atoms with Crippen molar-refractivity contribution in [1.82, 2.24) is 14.8 Å². The van der Waals surface area contributed by atoms with Gasteiger partial charge in [0, 0.05) is 18.5 Å². The maximum atomic E-state index is 12.4. The summed E-state index contributed by atoms with van der Waals surface area (Å²) in [6.07, 6.45) is 2.41. The van der Waals surface area contributed by atoms with Crippen LogP contribution in [0.4, 0.5) is 0 Å². The Morgan fingerprint density at radius 1 is 1.29 bits per heavy atom. The molecule has 110 valence electrons. The van der Waals surface area contributed by atoms with Crippen LogP contribution in [0.3, 0.4) is 0 Å². The highest BCUT2D eigenvalue weighted by atomic mass is 32.2. The number of ketones is 1. The number of carbonyl (C=O) groups excluding carboxylic acids is 1. The first kappa shape index (κ1) is 14.3. The van der Waals surface area contributed by atoms with Crippen LogP contribution in [0.25, 0.3) is 0 Å². The van der Waals surface area contributed by atoms with E-state index in [1.54, 1.807) is 0 Å². The minimum Gasteiger partial charge on any atom is -0.309 e. The summed E-state index contributed by atoms with van der Waals surface area (Å²) in [7, 11) is 1.99. The normalized spacial score (nSPS) is 16.0. The van der Waals surface area contributed by atoms with Gasteiger partial charge in [0.2, 0.25) is 0 Å². The lowest BCUT2D eigenvalue weighted by molar-refractivity contribution is 0.0994. The van der Waals surface area contributed by atoms with Crippen molar-refractivity contribution in [3.63, 3.8) is 0 Å². The van der Waals surface area contributed by atoms with Crippen molar-refractivity contribution in [3.05, 3.63) is 41.2 Å². The molecule has 1 aromatic heterocycles. The van der Waals surface area contributed by atoms with Gasteiger partial charge in [0.15, 0.2) is 10.9 Å². The van der Waals surface area contributed by atoms with Crippen molar-refractivity contribution in [2.75, 3.05) is 0 Å². The average molecular weight is 301 g/mol. The van der Waals surface area contributed by atoms with Crippen LogP contribution in [0.2, 0.25) is 0 Å². The van der Waals surface area contributed by atoms with E-state index in [1.807, 2.05) is 49.7 Å². The van der Waals surface area contributed by atoms with Gasteiger partial charge < -0.3 is 4.57 Å². The molecule has 1 heterocycles. The fourth-order valence-corrected chi connectivity index (χ4v) is 3.19. The molecule has 3 rings (SSSR count). The Bertz CT molecular complexity index is 659. The number of aryl methyl sites for hydroxylation is 1. The van der Waals surface area contributed by atoms with Crippen LogP contribution >= 0.6 is 11.8 Å². The highest BCUT2D eigenvalue weighted by molar-refractivity contribution is 8.00. The molecule has 21 heavy (non-hydrogen) atoms. The van der Waals surface area contributed by atoms with Gasteiger partial charge in [-0.25, -0.2) is 0 Å². The van der Waals surface area contributed by atoms with E-state index in [2.05, 4.69) is 10.2 Å². The third-order valence-corrected chi connectivity index (χ3v) is 4.93. The van der Waals surface area contributed by atoms with Crippen LogP contribution in [-0.4, -0.2) is 25.8 Å². The lowest BCUT2D eigenvalue weighted by Crippen LogP contribution is -2.14. The van der Waals surface area contributed by atoms with E-state index < -0.39 is 0 Å². The molecule has 1 aliphatic carbocycles. The quantitative estimate of drug-likeness (QED) is 0.627. The predicted molar refractivity (Wildman–Crippen MR) is 83.8 cm³/mol. The summed E-state index contributed by atoms with van der Waals surface area (Å²) in [6, 6.07) is 7.72.